The van der Waals surface area contributed by atoms with E-state index in [1.165, 1.54) is 7.11 Å². The third-order valence-electron chi connectivity index (χ3n) is 5.26. The number of methoxy groups -OCH3 is 1. The van der Waals surface area contributed by atoms with Gasteiger partial charge in [-0.3, -0.25) is 4.79 Å². The van der Waals surface area contributed by atoms with Crippen LogP contribution in [0.5, 0.6) is 5.75 Å². The molecule has 0 unspecified atom stereocenters. The Balaban J connectivity index is 1.71. The first-order chi connectivity index (χ1) is 15.5. The maximum Gasteiger partial charge on any atom is 0.376 e. The van der Waals surface area contributed by atoms with Crippen molar-refractivity contribution < 1.29 is 24.5 Å². The topological polar surface area (TPSA) is 88.8 Å². The molecule has 0 spiro atoms. The smallest absolute Gasteiger partial charge is 0.376 e. The minimum atomic E-state index is -1.63. The van der Waals surface area contributed by atoms with Crippen molar-refractivity contribution in [1.29, 1.82) is 0 Å². The summed E-state index contributed by atoms with van der Waals surface area (Å²) in [5.74, 6) is -2.64. The Morgan fingerprint density at radius 3 is 2.28 bits per heavy atom. The molecule has 0 fully saturated rings. The van der Waals surface area contributed by atoms with Gasteiger partial charge in [0.2, 0.25) is 0 Å². The SMILES string of the molecule is COc1ccc2c(c1)c(/C(O)=C\C(=O)C(=O)O)cn2Cc1ccc(-c2ccccc2)cc1. The summed E-state index contributed by atoms with van der Waals surface area (Å²) in [5.41, 5.74) is 4.47. The number of ether oxygens (including phenoxy) is 1. The number of hydrogen-bond donors (Lipinski definition) is 2. The summed E-state index contributed by atoms with van der Waals surface area (Å²) in [6.07, 6.45) is 2.42. The minimum Gasteiger partial charge on any atom is -0.507 e. The molecule has 4 aromatic rings. The lowest BCUT2D eigenvalue weighted by molar-refractivity contribution is -0.146. The Bertz CT molecular complexity index is 1320. The Hall–Kier alpha value is -4.32. The molecule has 0 bridgehead atoms. The third-order valence-corrected chi connectivity index (χ3v) is 5.26. The average molecular weight is 427 g/mol. The zero-order valence-corrected chi connectivity index (χ0v) is 17.4. The lowest BCUT2D eigenvalue weighted by Crippen LogP contribution is -2.09. The van der Waals surface area contributed by atoms with Gasteiger partial charge >= 0.3 is 5.97 Å². The van der Waals surface area contributed by atoms with Crippen molar-refractivity contribution in [3.05, 3.63) is 96.2 Å². The molecule has 0 atom stereocenters. The van der Waals surface area contributed by atoms with Gasteiger partial charge in [0.1, 0.15) is 11.5 Å². The number of carboxylic acids is 1. The molecule has 1 aromatic heterocycles. The first kappa shape index (κ1) is 20.9. The first-order valence-electron chi connectivity index (χ1n) is 9.96. The summed E-state index contributed by atoms with van der Waals surface area (Å²) in [5, 5.41) is 20.0. The van der Waals surface area contributed by atoms with Gasteiger partial charge in [-0.25, -0.2) is 4.79 Å². The highest BCUT2D eigenvalue weighted by Crippen LogP contribution is 2.30. The summed E-state index contributed by atoms with van der Waals surface area (Å²) < 4.78 is 7.23. The monoisotopic (exact) mass is 427 g/mol. The minimum absolute atomic E-state index is 0.356. The first-order valence-corrected chi connectivity index (χ1v) is 9.96. The molecule has 0 aliphatic heterocycles. The number of carbonyl (C=O) groups is 2. The number of aliphatic hydroxyl groups excluding tert-OH is 1. The summed E-state index contributed by atoms with van der Waals surface area (Å²) in [6, 6.07) is 23.7. The Labute approximate surface area is 184 Å². The van der Waals surface area contributed by atoms with Crippen molar-refractivity contribution in [3.63, 3.8) is 0 Å². The second-order valence-corrected chi connectivity index (χ2v) is 7.32. The Morgan fingerprint density at radius 1 is 0.938 bits per heavy atom. The number of fused-ring (bicyclic) bond motifs is 1. The number of carbonyl (C=O) groups excluding carboxylic acids is 1. The van der Waals surface area contributed by atoms with E-state index in [1.54, 1.807) is 12.3 Å². The zero-order chi connectivity index (χ0) is 22.7. The number of rotatable bonds is 7. The van der Waals surface area contributed by atoms with E-state index < -0.39 is 17.5 Å². The lowest BCUT2D eigenvalue weighted by Gasteiger charge is -2.08. The van der Waals surface area contributed by atoms with Crippen LogP contribution in [0.15, 0.2) is 85.1 Å². The van der Waals surface area contributed by atoms with Gasteiger partial charge in [0.05, 0.1) is 7.11 Å². The zero-order valence-electron chi connectivity index (χ0n) is 17.4. The van der Waals surface area contributed by atoms with Crippen LogP contribution in [0.4, 0.5) is 0 Å². The summed E-state index contributed by atoms with van der Waals surface area (Å²) in [6.45, 7) is 0.526. The van der Waals surface area contributed by atoms with Crippen molar-refractivity contribution in [2.24, 2.45) is 0 Å². The molecular formula is C26H21NO5. The van der Waals surface area contributed by atoms with Gasteiger partial charge in [-0.2, -0.15) is 0 Å². The summed E-state index contributed by atoms with van der Waals surface area (Å²) in [7, 11) is 1.54. The molecule has 0 aliphatic rings. The van der Waals surface area contributed by atoms with Crippen LogP contribution in [0.3, 0.4) is 0 Å². The second-order valence-electron chi connectivity index (χ2n) is 7.32. The standard InChI is InChI=1S/C26H21NO5/c1-32-20-11-12-23-21(13-20)22(24(28)14-25(29)26(30)31)16-27(23)15-17-7-9-19(10-8-17)18-5-3-2-4-6-18/h2-14,16,28H,15H2,1H3,(H,30,31)/b24-14+. The summed E-state index contributed by atoms with van der Waals surface area (Å²) >= 11 is 0. The molecule has 3 aromatic carbocycles. The van der Waals surface area contributed by atoms with Crippen LogP contribution in [0.1, 0.15) is 11.1 Å². The Morgan fingerprint density at radius 2 is 1.62 bits per heavy atom. The largest absolute Gasteiger partial charge is 0.507 e. The number of aliphatic hydroxyl groups is 1. The molecule has 0 saturated carbocycles. The van der Waals surface area contributed by atoms with E-state index in [9.17, 15) is 14.7 Å². The molecule has 1 heterocycles. The number of ketones is 1. The van der Waals surface area contributed by atoms with Crippen LogP contribution in [0.2, 0.25) is 0 Å². The number of carboxylic acid groups (broad SMARTS) is 1. The van der Waals surface area contributed by atoms with Gasteiger partial charge in [-0.05, 0) is 34.9 Å². The molecule has 0 aliphatic carbocycles. The van der Waals surface area contributed by atoms with E-state index in [2.05, 4.69) is 24.3 Å². The molecule has 2 N–H and O–H groups in total. The van der Waals surface area contributed by atoms with Crippen LogP contribution in [0.25, 0.3) is 27.8 Å². The maximum atomic E-state index is 11.6. The predicted octanol–water partition coefficient (Wildman–Crippen LogP) is 4.92. The highest BCUT2D eigenvalue weighted by molar-refractivity contribution is 6.38. The van der Waals surface area contributed by atoms with E-state index >= 15 is 0 Å². The van der Waals surface area contributed by atoms with Gasteiger partial charge in [0, 0.05) is 35.3 Å². The number of aliphatic carboxylic acids is 1. The Kier molecular flexibility index (Phi) is 5.77. The third kappa shape index (κ3) is 4.25. The average Bonchev–Trinajstić information content (AvgIpc) is 3.17. The van der Waals surface area contributed by atoms with Crippen LogP contribution in [0, 0.1) is 0 Å². The molecule has 4 rings (SSSR count). The van der Waals surface area contributed by atoms with Gasteiger partial charge in [0.25, 0.3) is 5.78 Å². The van der Waals surface area contributed by atoms with Gasteiger partial charge in [-0.15, -0.1) is 0 Å². The van der Waals surface area contributed by atoms with Gasteiger partial charge in [0.15, 0.2) is 0 Å². The van der Waals surface area contributed by atoms with Crippen LogP contribution in [-0.2, 0) is 16.1 Å². The number of aromatic nitrogens is 1. The van der Waals surface area contributed by atoms with Crippen molar-refractivity contribution in [2.75, 3.05) is 7.11 Å². The van der Waals surface area contributed by atoms with Crippen molar-refractivity contribution in [1.82, 2.24) is 4.57 Å². The maximum absolute atomic E-state index is 11.6. The van der Waals surface area contributed by atoms with Crippen LogP contribution in [-0.4, -0.2) is 33.6 Å². The normalized spacial score (nSPS) is 11.5. The molecule has 160 valence electrons. The molecule has 6 heteroatoms. The molecule has 0 saturated heterocycles. The van der Waals surface area contributed by atoms with Crippen LogP contribution >= 0.6 is 0 Å². The fourth-order valence-corrected chi connectivity index (χ4v) is 3.63. The van der Waals surface area contributed by atoms with Crippen molar-refractivity contribution in [3.8, 4) is 16.9 Å². The van der Waals surface area contributed by atoms with Crippen LogP contribution < -0.4 is 4.74 Å². The number of nitrogens with zero attached hydrogens (tertiary/aromatic N) is 1. The molecule has 0 amide bonds. The van der Waals surface area contributed by atoms with Crippen molar-refractivity contribution in [2.45, 2.75) is 6.54 Å². The lowest BCUT2D eigenvalue weighted by atomic mass is 10.0. The van der Waals surface area contributed by atoms with E-state index in [0.29, 0.717) is 23.2 Å². The second kappa shape index (κ2) is 8.81. The van der Waals surface area contributed by atoms with Gasteiger partial charge in [-0.1, -0.05) is 54.6 Å². The number of benzene rings is 3. The highest BCUT2D eigenvalue weighted by Gasteiger charge is 2.16. The van der Waals surface area contributed by atoms with Crippen molar-refractivity contribution >= 4 is 28.4 Å². The van der Waals surface area contributed by atoms with Gasteiger partial charge < -0.3 is 19.5 Å². The fourth-order valence-electron chi connectivity index (χ4n) is 3.63. The fraction of sp³-hybridized carbons (Fsp3) is 0.0769. The molecule has 32 heavy (non-hydrogen) atoms. The molecule has 0 radical (unpaired) electrons. The quantitative estimate of drug-likeness (QED) is 0.248. The summed E-state index contributed by atoms with van der Waals surface area (Å²) in [4.78, 5) is 22.4. The van der Waals surface area contributed by atoms with E-state index in [0.717, 1.165) is 28.3 Å². The van der Waals surface area contributed by atoms with E-state index in [4.69, 9.17) is 9.84 Å². The molecule has 6 nitrogen and oxygen atoms in total. The number of hydrogen-bond acceptors (Lipinski definition) is 4. The van der Waals surface area contributed by atoms with E-state index in [1.807, 2.05) is 47.0 Å². The predicted molar refractivity (Wildman–Crippen MR) is 123 cm³/mol. The molecular weight excluding hydrogens is 406 g/mol. The van der Waals surface area contributed by atoms with E-state index in [-0.39, 0.29) is 0 Å². The highest BCUT2D eigenvalue weighted by atomic mass is 16.5.